The topological polar surface area (TPSA) is 88.2 Å². The highest BCUT2D eigenvalue weighted by Gasteiger charge is 2.43. The summed E-state index contributed by atoms with van der Waals surface area (Å²) in [4.78, 5) is 14.0. The van der Waals surface area contributed by atoms with Gasteiger partial charge in [-0.15, -0.1) is 11.3 Å². The Balaban J connectivity index is 1.22. The van der Waals surface area contributed by atoms with Crippen LogP contribution < -0.4 is 11.1 Å². The molecule has 0 fully saturated rings. The molecular weight excluding hydrogens is 466 g/mol. The molecule has 2 atom stereocenters. The number of amidine groups is 1. The summed E-state index contributed by atoms with van der Waals surface area (Å²) in [6, 6.07) is 23.5. The summed E-state index contributed by atoms with van der Waals surface area (Å²) >= 11 is 7.69. The Kier molecular flexibility index (Phi) is 5.03. The number of nitrogens with one attached hydrogen (secondary N) is 2. The molecule has 7 heteroatoms. The molecule has 1 aromatic heterocycles. The number of hydrogen-bond donors (Lipinski definition) is 3. The van der Waals surface area contributed by atoms with Crippen molar-refractivity contribution >= 4 is 34.7 Å². The Morgan fingerprint density at radius 2 is 1.59 bits per heavy atom. The van der Waals surface area contributed by atoms with E-state index in [1.54, 1.807) is 23.5 Å². The Morgan fingerprint density at radius 3 is 2.29 bits per heavy atom. The molecule has 0 saturated heterocycles. The molecule has 0 unspecified atom stereocenters. The van der Waals surface area contributed by atoms with Crippen molar-refractivity contribution in [3.63, 3.8) is 0 Å². The van der Waals surface area contributed by atoms with E-state index in [0.717, 1.165) is 37.0 Å². The van der Waals surface area contributed by atoms with E-state index >= 15 is 0 Å². The molecule has 0 radical (unpaired) electrons. The predicted molar refractivity (Wildman–Crippen MR) is 135 cm³/mol. The third-order valence-electron chi connectivity index (χ3n) is 6.41. The van der Waals surface area contributed by atoms with Crippen molar-refractivity contribution in [2.45, 2.75) is 18.8 Å². The molecule has 6 rings (SSSR count). The minimum absolute atomic E-state index is 0.0260. The van der Waals surface area contributed by atoms with Gasteiger partial charge in [-0.25, -0.2) is 0 Å². The first-order valence-electron chi connectivity index (χ1n) is 10.9. The summed E-state index contributed by atoms with van der Waals surface area (Å²) < 4.78 is 7.09. The molecule has 34 heavy (non-hydrogen) atoms. The van der Waals surface area contributed by atoms with Crippen LogP contribution in [0.3, 0.4) is 0 Å². The van der Waals surface area contributed by atoms with Gasteiger partial charge < -0.3 is 15.8 Å². The molecular formula is C27H20ClN3O2S. The molecule has 3 aromatic carbocycles. The van der Waals surface area contributed by atoms with Crippen LogP contribution in [0.4, 0.5) is 0 Å². The van der Waals surface area contributed by atoms with Crippen LogP contribution in [0.1, 0.15) is 55.9 Å². The smallest absolute Gasteiger partial charge is 0.251 e. The van der Waals surface area contributed by atoms with Crippen LogP contribution in [-0.2, 0) is 11.3 Å². The first kappa shape index (κ1) is 21.1. The zero-order valence-corrected chi connectivity index (χ0v) is 19.5. The van der Waals surface area contributed by atoms with Gasteiger partial charge in [0, 0.05) is 22.5 Å². The third kappa shape index (κ3) is 3.51. The summed E-state index contributed by atoms with van der Waals surface area (Å²) in [5, 5.41) is 10.5. The molecule has 4 aromatic rings. The second-order valence-electron chi connectivity index (χ2n) is 8.48. The van der Waals surface area contributed by atoms with Gasteiger partial charge in [0.1, 0.15) is 18.0 Å². The number of hydrogen-bond acceptors (Lipinski definition) is 4. The Hall–Kier alpha value is -3.45. The molecule has 0 saturated carbocycles. The van der Waals surface area contributed by atoms with Crippen LogP contribution in [0, 0.1) is 5.41 Å². The first-order chi connectivity index (χ1) is 16.5. The Morgan fingerprint density at radius 1 is 0.912 bits per heavy atom. The summed E-state index contributed by atoms with van der Waals surface area (Å²) in [5.74, 6) is -0.110. The van der Waals surface area contributed by atoms with E-state index < -0.39 is 0 Å². The minimum atomic E-state index is -0.169. The molecule has 0 spiro atoms. The Labute approximate surface area is 205 Å². The number of benzene rings is 3. The maximum absolute atomic E-state index is 12.9. The third-order valence-corrected chi connectivity index (χ3v) is 7.69. The van der Waals surface area contributed by atoms with Gasteiger partial charge in [0.15, 0.2) is 0 Å². The normalized spacial score (nSPS) is 17.3. The average molecular weight is 486 g/mol. The van der Waals surface area contributed by atoms with Crippen LogP contribution in [0.5, 0.6) is 0 Å². The van der Waals surface area contributed by atoms with E-state index in [-0.39, 0.29) is 24.0 Å². The number of thiophene rings is 1. The largest absolute Gasteiger partial charge is 0.384 e. The van der Waals surface area contributed by atoms with Crippen molar-refractivity contribution in [3.8, 4) is 10.4 Å². The SMILES string of the molecule is N=C(N)c1ccc(CNC(=O)c2ccc3c(c2)[C@@H]2O[C@H]3c3ccc(-c4ccc(Cl)s4)cc32)cc1. The van der Waals surface area contributed by atoms with E-state index in [2.05, 4.69) is 23.5 Å². The summed E-state index contributed by atoms with van der Waals surface area (Å²) in [7, 11) is 0. The van der Waals surface area contributed by atoms with Gasteiger partial charge in [0.05, 0.1) is 4.34 Å². The predicted octanol–water partition coefficient (Wildman–Crippen LogP) is 5.80. The number of nitrogen functional groups attached to an aromatic ring is 1. The number of nitrogens with two attached hydrogens (primary N) is 1. The second-order valence-corrected chi connectivity index (χ2v) is 10.2. The number of rotatable bonds is 5. The number of carbonyl (C=O) groups is 1. The van der Waals surface area contributed by atoms with Crippen molar-refractivity contribution in [1.29, 1.82) is 5.41 Å². The van der Waals surface area contributed by atoms with E-state index in [1.807, 2.05) is 42.5 Å². The lowest BCUT2D eigenvalue weighted by Gasteiger charge is -2.17. The lowest BCUT2D eigenvalue weighted by Crippen LogP contribution is -2.23. The molecule has 2 aliphatic rings. The van der Waals surface area contributed by atoms with Gasteiger partial charge in [-0.3, -0.25) is 10.2 Å². The van der Waals surface area contributed by atoms with E-state index in [1.165, 1.54) is 5.56 Å². The molecule has 4 N–H and O–H groups in total. The van der Waals surface area contributed by atoms with Crippen LogP contribution in [0.25, 0.3) is 10.4 Å². The zero-order chi connectivity index (χ0) is 23.4. The molecule has 3 heterocycles. The fourth-order valence-corrected chi connectivity index (χ4v) is 5.74. The first-order valence-corrected chi connectivity index (χ1v) is 12.1. The van der Waals surface area contributed by atoms with Crippen LogP contribution in [-0.4, -0.2) is 11.7 Å². The number of amides is 1. The minimum Gasteiger partial charge on any atom is -0.384 e. The molecule has 0 aliphatic carbocycles. The molecule has 2 bridgehead atoms. The summed E-state index contributed by atoms with van der Waals surface area (Å²) in [6.07, 6.45) is -0.259. The lowest BCUT2D eigenvalue weighted by atomic mass is 9.84. The van der Waals surface area contributed by atoms with Crippen LogP contribution >= 0.6 is 22.9 Å². The molecule has 168 valence electrons. The van der Waals surface area contributed by atoms with Crippen molar-refractivity contribution in [1.82, 2.24) is 5.32 Å². The van der Waals surface area contributed by atoms with Crippen molar-refractivity contribution < 1.29 is 9.53 Å². The quantitative estimate of drug-likeness (QED) is 0.246. The highest BCUT2D eigenvalue weighted by molar-refractivity contribution is 7.19. The fraction of sp³-hybridized carbons (Fsp3) is 0.111. The van der Waals surface area contributed by atoms with Gasteiger partial charge in [-0.05, 0) is 63.7 Å². The molecule has 1 amide bonds. The van der Waals surface area contributed by atoms with E-state index in [0.29, 0.717) is 17.7 Å². The standard InChI is InChI=1S/C27H20ClN3O2S/c28-23-10-9-22(34-23)16-5-7-18-20(11-16)25-21-12-17(6-8-19(21)24(18)33-25)27(32)31-13-14-1-3-15(4-2-14)26(29)30/h1-12,24-25H,13H2,(H3,29,30)(H,31,32)/t24-,25+/m0/s1. The van der Waals surface area contributed by atoms with Gasteiger partial charge in [0.25, 0.3) is 5.91 Å². The summed E-state index contributed by atoms with van der Waals surface area (Å²) in [5.41, 5.74) is 13.4. The van der Waals surface area contributed by atoms with Crippen molar-refractivity contribution in [2.75, 3.05) is 0 Å². The van der Waals surface area contributed by atoms with Gasteiger partial charge in [0.2, 0.25) is 0 Å². The van der Waals surface area contributed by atoms with Gasteiger partial charge in [-0.2, -0.15) is 0 Å². The fourth-order valence-electron chi connectivity index (χ4n) is 4.70. The van der Waals surface area contributed by atoms with E-state index in [4.69, 9.17) is 27.5 Å². The molecule has 2 aliphatic heterocycles. The van der Waals surface area contributed by atoms with Crippen molar-refractivity contribution in [2.24, 2.45) is 5.73 Å². The highest BCUT2D eigenvalue weighted by atomic mass is 35.5. The van der Waals surface area contributed by atoms with E-state index in [9.17, 15) is 4.79 Å². The zero-order valence-electron chi connectivity index (χ0n) is 18.0. The number of carbonyl (C=O) groups excluding carboxylic acids is 1. The number of fused-ring (bicyclic) bond motifs is 8. The number of ether oxygens (including phenoxy) is 1. The average Bonchev–Trinajstić information content (AvgIpc) is 3.56. The number of halogens is 1. The monoisotopic (exact) mass is 485 g/mol. The summed E-state index contributed by atoms with van der Waals surface area (Å²) in [6.45, 7) is 0.395. The maximum atomic E-state index is 12.9. The lowest BCUT2D eigenvalue weighted by molar-refractivity contribution is 0.0857. The van der Waals surface area contributed by atoms with Gasteiger partial charge >= 0.3 is 0 Å². The second kappa shape index (κ2) is 8.09. The highest BCUT2D eigenvalue weighted by Crippen LogP contribution is 2.55. The molecule has 5 nitrogen and oxygen atoms in total. The van der Waals surface area contributed by atoms with Crippen molar-refractivity contribution in [3.05, 3.63) is 116 Å². The maximum Gasteiger partial charge on any atom is 0.251 e. The Bertz CT molecular complexity index is 1460. The van der Waals surface area contributed by atoms with Gasteiger partial charge in [-0.1, -0.05) is 54.1 Å². The van der Waals surface area contributed by atoms with Crippen LogP contribution in [0.15, 0.2) is 72.8 Å². The van der Waals surface area contributed by atoms with Crippen LogP contribution in [0.2, 0.25) is 4.34 Å².